The van der Waals surface area contributed by atoms with Gasteiger partial charge >= 0.3 is 19.2 Å². The number of carbonyl (C=O) groups is 3. The van der Waals surface area contributed by atoms with Gasteiger partial charge < -0.3 is 18.8 Å². The number of rotatable bonds is 7. The van der Waals surface area contributed by atoms with Crippen molar-refractivity contribution in [1.82, 2.24) is 4.90 Å². The van der Waals surface area contributed by atoms with Gasteiger partial charge in [-0.25, -0.2) is 14.0 Å². The summed E-state index contributed by atoms with van der Waals surface area (Å²) in [6.07, 6.45) is 1.58. The van der Waals surface area contributed by atoms with E-state index in [1.165, 1.54) is 19.2 Å². The van der Waals surface area contributed by atoms with Crippen LogP contribution in [-0.4, -0.2) is 65.9 Å². The van der Waals surface area contributed by atoms with Gasteiger partial charge in [0, 0.05) is 12.5 Å². The summed E-state index contributed by atoms with van der Waals surface area (Å²) < 4.78 is 38.1. The van der Waals surface area contributed by atoms with Crippen LogP contribution in [0, 0.1) is 29.0 Å². The Balaban J connectivity index is 1.55. The minimum absolute atomic E-state index is 0.0150. The number of carbonyl (C=O) groups excluding carboxylic acids is 3. The van der Waals surface area contributed by atoms with Crippen LogP contribution < -0.4 is 5.46 Å². The first kappa shape index (κ1) is 31.0. The standard InChI is InChI=1S/C30H40BFN2O7/c1-28(2,3)39-27(37)34-20-10-9-18(13-20)25(34)24(35)12-17(16-33)11-19-14-21(26(36)38-8)22(15-23(19)32)31-40-29(4,5)30(6,7)41-31/h14-15,17-18,20,25H,9-13H2,1-8H3/t17-,18+,20-,25+/m1/s1. The minimum atomic E-state index is -0.998. The van der Waals surface area contributed by atoms with Gasteiger partial charge in [0.2, 0.25) is 0 Å². The van der Waals surface area contributed by atoms with Crippen LogP contribution in [0.25, 0.3) is 0 Å². The number of benzene rings is 1. The number of fused-ring (bicyclic) bond motifs is 2. The van der Waals surface area contributed by atoms with E-state index in [0.29, 0.717) is 0 Å². The number of nitriles is 1. The zero-order chi connectivity index (χ0) is 30.5. The molecule has 41 heavy (non-hydrogen) atoms. The minimum Gasteiger partial charge on any atom is -0.465 e. The van der Waals surface area contributed by atoms with E-state index in [2.05, 4.69) is 6.07 Å². The monoisotopic (exact) mass is 570 g/mol. The van der Waals surface area contributed by atoms with Gasteiger partial charge in [0.1, 0.15) is 11.4 Å². The fraction of sp³-hybridized carbons (Fsp3) is 0.667. The van der Waals surface area contributed by atoms with E-state index in [1.807, 2.05) is 27.7 Å². The highest BCUT2D eigenvalue weighted by Crippen LogP contribution is 2.44. The molecule has 1 aromatic carbocycles. The van der Waals surface area contributed by atoms with Crippen LogP contribution in [-0.2, 0) is 30.0 Å². The van der Waals surface area contributed by atoms with Gasteiger partial charge in [-0.3, -0.25) is 9.69 Å². The first-order chi connectivity index (χ1) is 19.0. The molecule has 3 aliphatic rings. The molecular weight excluding hydrogens is 530 g/mol. The quantitative estimate of drug-likeness (QED) is 0.351. The van der Waals surface area contributed by atoms with Gasteiger partial charge in [0.15, 0.2) is 5.78 Å². The molecule has 4 atom stereocenters. The third-order valence-corrected chi connectivity index (χ3v) is 8.75. The van der Waals surface area contributed by atoms with Crippen LogP contribution in [0.15, 0.2) is 12.1 Å². The topological polar surface area (TPSA) is 115 Å². The second-order valence-corrected chi connectivity index (χ2v) is 13.4. The molecule has 2 bridgehead atoms. The maximum Gasteiger partial charge on any atom is 0.495 e. The Kier molecular flexibility index (Phi) is 8.33. The molecule has 222 valence electrons. The maximum atomic E-state index is 15.5. The molecule has 0 aromatic heterocycles. The number of likely N-dealkylation sites (tertiary alicyclic amines) is 1. The largest absolute Gasteiger partial charge is 0.495 e. The van der Waals surface area contributed by atoms with Gasteiger partial charge in [-0.15, -0.1) is 0 Å². The average Bonchev–Trinajstić information content (AvgIpc) is 3.54. The maximum absolute atomic E-state index is 15.5. The normalized spacial score (nSPS) is 25.1. The smallest absolute Gasteiger partial charge is 0.465 e. The number of ketones is 1. The molecule has 2 aliphatic heterocycles. The van der Waals surface area contributed by atoms with Crippen LogP contribution in [0.2, 0.25) is 0 Å². The number of ether oxygens (including phenoxy) is 2. The Morgan fingerprint density at radius 1 is 1.17 bits per heavy atom. The summed E-state index contributed by atoms with van der Waals surface area (Å²) in [6, 6.07) is 3.92. The average molecular weight is 570 g/mol. The number of halogens is 1. The van der Waals surface area contributed by atoms with Crippen molar-refractivity contribution in [2.24, 2.45) is 11.8 Å². The number of hydrogen-bond acceptors (Lipinski definition) is 8. The lowest BCUT2D eigenvalue weighted by Crippen LogP contribution is -2.51. The number of nitrogens with zero attached hydrogens (tertiary/aromatic N) is 2. The van der Waals surface area contributed by atoms with Crippen molar-refractivity contribution in [3.05, 3.63) is 29.1 Å². The van der Waals surface area contributed by atoms with Crippen LogP contribution in [0.1, 0.15) is 90.1 Å². The molecule has 11 heteroatoms. The third-order valence-electron chi connectivity index (χ3n) is 8.75. The summed E-state index contributed by atoms with van der Waals surface area (Å²) in [7, 11) is 0.226. The van der Waals surface area contributed by atoms with Crippen molar-refractivity contribution < 1.29 is 37.6 Å². The zero-order valence-corrected chi connectivity index (χ0v) is 25.2. The SMILES string of the molecule is COC(=O)c1cc(C[C@@H](C#N)CC(=O)[C@@H]2[C@H]3CC[C@H](C3)N2C(=O)OC(C)(C)C)c(F)cc1B1OC(C)(C)C(C)(C)O1. The molecule has 9 nitrogen and oxygen atoms in total. The van der Waals surface area contributed by atoms with E-state index >= 15 is 4.39 Å². The van der Waals surface area contributed by atoms with Crippen molar-refractivity contribution in [3.8, 4) is 6.07 Å². The zero-order valence-electron chi connectivity index (χ0n) is 25.2. The molecule has 1 aromatic rings. The van der Waals surface area contributed by atoms with Crippen LogP contribution in [0.5, 0.6) is 0 Å². The molecule has 1 saturated carbocycles. The van der Waals surface area contributed by atoms with E-state index in [4.69, 9.17) is 18.8 Å². The van der Waals surface area contributed by atoms with E-state index in [0.717, 1.165) is 19.3 Å². The van der Waals surface area contributed by atoms with Crippen molar-refractivity contribution in [2.45, 2.75) is 109 Å². The lowest BCUT2D eigenvalue weighted by molar-refractivity contribution is -0.126. The number of piperidine rings is 1. The van der Waals surface area contributed by atoms with E-state index in [9.17, 15) is 19.6 Å². The molecule has 2 heterocycles. The number of hydrogen-bond donors (Lipinski definition) is 0. The van der Waals surface area contributed by atoms with Crippen molar-refractivity contribution >= 4 is 30.4 Å². The van der Waals surface area contributed by atoms with Gasteiger partial charge in [-0.1, -0.05) is 0 Å². The van der Waals surface area contributed by atoms with Gasteiger partial charge in [0.25, 0.3) is 0 Å². The van der Waals surface area contributed by atoms with Crippen molar-refractivity contribution in [2.75, 3.05) is 7.11 Å². The summed E-state index contributed by atoms with van der Waals surface area (Å²) in [4.78, 5) is 40.8. The highest BCUT2D eigenvalue weighted by atomic mass is 19.1. The lowest BCUT2D eigenvalue weighted by atomic mass is 9.74. The molecule has 2 saturated heterocycles. The van der Waals surface area contributed by atoms with Crippen molar-refractivity contribution in [1.29, 1.82) is 5.26 Å². The molecule has 0 radical (unpaired) electrons. The summed E-state index contributed by atoms with van der Waals surface area (Å²) in [5.41, 5.74) is -1.77. The Morgan fingerprint density at radius 3 is 2.37 bits per heavy atom. The second-order valence-electron chi connectivity index (χ2n) is 13.4. The Bertz CT molecular complexity index is 1250. The van der Waals surface area contributed by atoms with E-state index in [1.54, 1.807) is 25.7 Å². The molecule has 0 N–H and O–H groups in total. The van der Waals surface area contributed by atoms with Gasteiger partial charge in [-0.05, 0) is 103 Å². The van der Waals surface area contributed by atoms with Crippen LogP contribution in [0.4, 0.5) is 9.18 Å². The van der Waals surface area contributed by atoms with E-state index in [-0.39, 0.29) is 47.2 Å². The fourth-order valence-electron chi connectivity index (χ4n) is 6.01. The predicted octanol–water partition coefficient (Wildman–Crippen LogP) is 4.34. The molecule has 0 spiro atoms. The number of amides is 1. The Labute approximate surface area is 241 Å². The van der Waals surface area contributed by atoms with Gasteiger partial charge in [-0.2, -0.15) is 5.26 Å². The molecule has 0 unspecified atom stereocenters. The molecular formula is C30H40BFN2O7. The predicted molar refractivity (Wildman–Crippen MR) is 149 cm³/mol. The highest BCUT2D eigenvalue weighted by Gasteiger charge is 2.54. The molecule has 1 aliphatic carbocycles. The third kappa shape index (κ3) is 6.14. The van der Waals surface area contributed by atoms with Gasteiger partial charge in [0.05, 0.1) is 41.9 Å². The number of methoxy groups -OCH3 is 1. The molecule has 4 rings (SSSR count). The van der Waals surface area contributed by atoms with Crippen LogP contribution in [0.3, 0.4) is 0 Å². The first-order valence-corrected chi connectivity index (χ1v) is 14.2. The highest BCUT2D eigenvalue weighted by molar-refractivity contribution is 6.63. The lowest BCUT2D eigenvalue weighted by Gasteiger charge is -2.35. The molecule has 3 fully saturated rings. The summed E-state index contributed by atoms with van der Waals surface area (Å²) in [6.45, 7) is 12.7. The fourth-order valence-corrected chi connectivity index (χ4v) is 6.01. The summed E-state index contributed by atoms with van der Waals surface area (Å²) >= 11 is 0. The summed E-state index contributed by atoms with van der Waals surface area (Å²) in [5.74, 6) is -2.44. The number of Topliss-reactive ketones (excluding diaryl/α,β-unsaturated/α-hetero) is 1. The second kappa shape index (κ2) is 11.0. The number of esters is 1. The Hall–Kier alpha value is -2.97. The Morgan fingerprint density at radius 2 is 1.80 bits per heavy atom. The van der Waals surface area contributed by atoms with Crippen molar-refractivity contribution in [3.63, 3.8) is 0 Å². The van der Waals surface area contributed by atoms with Crippen LogP contribution >= 0.6 is 0 Å². The first-order valence-electron chi connectivity index (χ1n) is 14.2. The molecule has 1 amide bonds. The van der Waals surface area contributed by atoms with E-state index < -0.39 is 53.8 Å². The summed E-state index contributed by atoms with van der Waals surface area (Å²) in [5, 5.41) is 9.94.